The lowest BCUT2D eigenvalue weighted by atomic mass is 10.1. The first-order chi connectivity index (χ1) is 9.50. The number of hydrogen-bond acceptors (Lipinski definition) is 5. The van der Waals surface area contributed by atoms with Crippen molar-refractivity contribution in [1.29, 1.82) is 0 Å². The van der Waals surface area contributed by atoms with Crippen molar-refractivity contribution >= 4 is 15.7 Å². The van der Waals surface area contributed by atoms with Crippen molar-refractivity contribution in [3.63, 3.8) is 0 Å². The molecule has 2 saturated heterocycles. The second kappa shape index (κ2) is 4.80. The van der Waals surface area contributed by atoms with E-state index < -0.39 is 14.9 Å². The van der Waals surface area contributed by atoms with Crippen LogP contribution >= 0.6 is 0 Å². The zero-order chi connectivity index (χ0) is 14.3. The van der Waals surface area contributed by atoms with Crippen molar-refractivity contribution in [2.75, 3.05) is 19.6 Å². The van der Waals surface area contributed by atoms with Crippen LogP contribution in [0.4, 0.5) is 5.69 Å². The van der Waals surface area contributed by atoms with Crippen LogP contribution in [0.1, 0.15) is 6.42 Å². The summed E-state index contributed by atoms with van der Waals surface area (Å²) in [4.78, 5) is 10.2. The van der Waals surface area contributed by atoms with Gasteiger partial charge in [-0.25, -0.2) is 8.42 Å². The Labute approximate surface area is 116 Å². The number of hydrogen-bond donors (Lipinski definition) is 1. The van der Waals surface area contributed by atoms with Gasteiger partial charge in [-0.15, -0.1) is 0 Å². The summed E-state index contributed by atoms with van der Waals surface area (Å²) in [5, 5.41) is 13.8. The summed E-state index contributed by atoms with van der Waals surface area (Å²) in [5.41, 5.74) is -0.106. The summed E-state index contributed by atoms with van der Waals surface area (Å²) < 4.78 is 26.7. The van der Waals surface area contributed by atoms with Gasteiger partial charge in [0.25, 0.3) is 5.69 Å². The van der Waals surface area contributed by atoms with Crippen LogP contribution in [0, 0.1) is 16.0 Å². The molecule has 2 atom stereocenters. The average molecular weight is 297 g/mol. The van der Waals surface area contributed by atoms with E-state index in [4.69, 9.17) is 0 Å². The summed E-state index contributed by atoms with van der Waals surface area (Å²) >= 11 is 0. The summed E-state index contributed by atoms with van der Waals surface area (Å²) in [6.45, 7) is 2.06. The molecule has 0 aromatic heterocycles. The molecule has 0 unspecified atom stereocenters. The van der Waals surface area contributed by atoms with Gasteiger partial charge in [0.05, 0.1) is 9.82 Å². The second-order valence-electron chi connectivity index (χ2n) is 5.14. The number of nitrogens with one attached hydrogen (secondary N) is 1. The van der Waals surface area contributed by atoms with Crippen LogP contribution in [0.2, 0.25) is 0 Å². The Morgan fingerprint density at radius 3 is 2.60 bits per heavy atom. The SMILES string of the molecule is O=[N+]([O-])c1ccc(S(=O)(=O)N2CC[C@@H]3CNC[C@@H]32)cc1. The van der Waals surface area contributed by atoms with Gasteiger partial charge in [0.2, 0.25) is 10.0 Å². The minimum Gasteiger partial charge on any atom is -0.315 e. The molecule has 0 aliphatic carbocycles. The predicted octanol–water partition coefficient (Wildman–Crippen LogP) is 0.577. The van der Waals surface area contributed by atoms with Gasteiger partial charge in [-0.1, -0.05) is 0 Å². The first-order valence-corrected chi connectivity index (χ1v) is 7.91. The summed E-state index contributed by atoms with van der Waals surface area (Å²) in [6, 6.07) is 5.09. The Kier molecular flexibility index (Phi) is 3.23. The fourth-order valence-corrected chi connectivity index (χ4v) is 4.68. The van der Waals surface area contributed by atoms with Gasteiger partial charge in [-0.3, -0.25) is 10.1 Å². The fraction of sp³-hybridized carbons (Fsp3) is 0.500. The Balaban J connectivity index is 1.90. The third kappa shape index (κ3) is 2.09. The van der Waals surface area contributed by atoms with Gasteiger partial charge < -0.3 is 5.32 Å². The van der Waals surface area contributed by atoms with Crippen LogP contribution in [0.15, 0.2) is 29.2 Å². The van der Waals surface area contributed by atoms with Crippen molar-refractivity contribution in [2.24, 2.45) is 5.92 Å². The number of rotatable bonds is 3. The third-order valence-corrected chi connectivity index (χ3v) is 5.99. The highest BCUT2D eigenvalue weighted by Crippen LogP contribution is 2.32. The normalized spacial score (nSPS) is 26.6. The Morgan fingerprint density at radius 1 is 1.25 bits per heavy atom. The van der Waals surface area contributed by atoms with Crippen molar-refractivity contribution < 1.29 is 13.3 Å². The summed E-state index contributed by atoms with van der Waals surface area (Å²) in [5.74, 6) is 0.378. The van der Waals surface area contributed by atoms with E-state index in [1.54, 1.807) is 0 Å². The van der Waals surface area contributed by atoms with Gasteiger partial charge in [-0.2, -0.15) is 4.31 Å². The molecule has 108 valence electrons. The minimum absolute atomic E-state index is 0.00944. The van der Waals surface area contributed by atoms with E-state index in [-0.39, 0.29) is 16.6 Å². The lowest BCUT2D eigenvalue weighted by Crippen LogP contribution is -2.38. The molecule has 0 radical (unpaired) electrons. The van der Waals surface area contributed by atoms with Crippen LogP contribution in [0.3, 0.4) is 0 Å². The molecule has 1 aromatic rings. The number of non-ortho nitro benzene ring substituents is 1. The lowest BCUT2D eigenvalue weighted by Gasteiger charge is -2.22. The standard InChI is InChI=1S/C12H15N3O4S/c16-15(17)10-1-3-11(4-2-10)20(18,19)14-6-5-9-7-13-8-12(9)14/h1-4,9,12-13H,5-8H2/t9-,12+/m1/s1. The van der Waals surface area contributed by atoms with Gasteiger partial charge >= 0.3 is 0 Å². The monoisotopic (exact) mass is 297 g/mol. The number of benzene rings is 1. The smallest absolute Gasteiger partial charge is 0.269 e. The van der Waals surface area contributed by atoms with E-state index in [0.29, 0.717) is 19.0 Å². The number of sulfonamides is 1. The average Bonchev–Trinajstić information content (AvgIpc) is 3.00. The van der Waals surface area contributed by atoms with Crippen molar-refractivity contribution in [3.05, 3.63) is 34.4 Å². The second-order valence-corrected chi connectivity index (χ2v) is 7.03. The summed E-state index contributed by atoms with van der Waals surface area (Å²) in [7, 11) is -3.56. The van der Waals surface area contributed by atoms with Crippen LogP contribution < -0.4 is 5.32 Å². The fourth-order valence-electron chi connectivity index (χ4n) is 2.98. The topological polar surface area (TPSA) is 92.5 Å². The molecule has 2 fully saturated rings. The number of nitro groups is 1. The zero-order valence-corrected chi connectivity index (χ0v) is 11.5. The molecule has 2 aliphatic rings. The molecule has 0 bridgehead atoms. The molecule has 2 heterocycles. The third-order valence-electron chi connectivity index (χ3n) is 4.05. The van der Waals surface area contributed by atoms with E-state index in [2.05, 4.69) is 5.32 Å². The highest BCUT2D eigenvalue weighted by Gasteiger charge is 2.43. The van der Waals surface area contributed by atoms with Crippen LogP contribution in [-0.4, -0.2) is 43.3 Å². The molecule has 1 N–H and O–H groups in total. The van der Waals surface area contributed by atoms with Crippen molar-refractivity contribution in [3.8, 4) is 0 Å². The molecular formula is C12H15N3O4S. The molecule has 1 aromatic carbocycles. The molecule has 0 saturated carbocycles. The van der Waals surface area contributed by atoms with Crippen molar-refractivity contribution in [2.45, 2.75) is 17.4 Å². The highest BCUT2D eigenvalue weighted by molar-refractivity contribution is 7.89. The molecule has 0 amide bonds. The van der Waals surface area contributed by atoms with Gasteiger partial charge in [0.1, 0.15) is 0 Å². The molecule has 3 rings (SSSR count). The van der Waals surface area contributed by atoms with Gasteiger partial charge in [0.15, 0.2) is 0 Å². The molecule has 2 aliphatic heterocycles. The Bertz CT molecular complexity index is 629. The van der Waals surface area contributed by atoms with E-state index in [9.17, 15) is 18.5 Å². The maximum atomic E-state index is 12.6. The van der Waals surface area contributed by atoms with Crippen LogP contribution in [0.25, 0.3) is 0 Å². The summed E-state index contributed by atoms with van der Waals surface area (Å²) in [6.07, 6.45) is 0.865. The lowest BCUT2D eigenvalue weighted by molar-refractivity contribution is -0.384. The quantitative estimate of drug-likeness (QED) is 0.650. The van der Waals surface area contributed by atoms with E-state index >= 15 is 0 Å². The Hall–Kier alpha value is -1.51. The maximum absolute atomic E-state index is 12.6. The zero-order valence-electron chi connectivity index (χ0n) is 10.7. The van der Waals surface area contributed by atoms with Gasteiger partial charge in [0, 0.05) is 31.3 Å². The molecule has 7 nitrogen and oxygen atoms in total. The first kappa shape index (κ1) is 13.5. The van der Waals surface area contributed by atoms with Crippen LogP contribution in [-0.2, 0) is 10.0 Å². The van der Waals surface area contributed by atoms with E-state index in [0.717, 1.165) is 13.0 Å². The number of fused-ring (bicyclic) bond motifs is 1. The van der Waals surface area contributed by atoms with Gasteiger partial charge in [-0.05, 0) is 31.0 Å². The van der Waals surface area contributed by atoms with E-state index in [1.165, 1.54) is 28.6 Å². The molecule has 8 heteroatoms. The predicted molar refractivity (Wildman–Crippen MR) is 71.8 cm³/mol. The first-order valence-electron chi connectivity index (χ1n) is 6.47. The van der Waals surface area contributed by atoms with Crippen LogP contribution in [0.5, 0.6) is 0 Å². The maximum Gasteiger partial charge on any atom is 0.269 e. The molecule has 0 spiro atoms. The highest BCUT2D eigenvalue weighted by atomic mass is 32.2. The molecule has 20 heavy (non-hydrogen) atoms. The minimum atomic E-state index is -3.56. The largest absolute Gasteiger partial charge is 0.315 e. The Morgan fingerprint density at radius 2 is 1.95 bits per heavy atom. The molecular weight excluding hydrogens is 282 g/mol. The number of nitro benzene ring substituents is 1. The van der Waals surface area contributed by atoms with E-state index in [1.807, 2.05) is 0 Å². The van der Waals surface area contributed by atoms with Crippen molar-refractivity contribution in [1.82, 2.24) is 9.62 Å². The number of nitrogens with zero attached hydrogens (tertiary/aromatic N) is 2.